The molecule has 0 bridgehead atoms. The number of aromatic hydroxyl groups is 1. The number of amides is 2. The molecule has 2 saturated heterocycles. The number of rotatable bonds is 7. The lowest BCUT2D eigenvalue weighted by molar-refractivity contribution is -0.122. The van der Waals surface area contributed by atoms with Crippen molar-refractivity contribution in [1.29, 1.82) is 0 Å². The normalized spacial score (nSPS) is 23.7. The zero-order valence-corrected chi connectivity index (χ0v) is 24.1. The number of phenols is 1. The number of anilines is 1. The van der Waals surface area contributed by atoms with Gasteiger partial charge in [0.25, 0.3) is 0 Å². The third-order valence-corrected chi connectivity index (χ3v) is 9.38. The van der Waals surface area contributed by atoms with Gasteiger partial charge in [-0.15, -0.1) is 0 Å². The molecule has 4 atom stereocenters. The van der Waals surface area contributed by atoms with Crippen LogP contribution in [-0.2, 0) is 14.3 Å². The van der Waals surface area contributed by atoms with Gasteiger partial charge in [-0.25, -0.2) is 0 Å². The van der Waals surface area contributed by atoms with Crippen molar-refractivity contribution in [2.75, 3.05) is 11.5 Å². The van der Waals surface area contributed by atoms with Crippen LogP contribution in [0.3, 0.4) is 0 Å². The third kappa shape index (κ3) is 4.76. The monoisotopic (exact) mass is 570 g/mol. The van der Waals surface area contributed by atoms with E-state index >= 15 is 0 Å². The second-order valence-electron chi connectivity index (χ2n) is 11.7. The van der Waals surface area contributed by atoms with Crippen LogP contribution in [0.4, 0.5) is 5.69 Å². The average molecular weight is 571 g/mol. The highest BCUT2D eigenvalue weighted by Gasteiger charge is 2.57. The molecule has 6 nitrogen and oxygen atoms in total. The fourth-order valence-corrected chi connectivity index (χ4v) is 7.38. The molecule has 7 rings (SSSR count). The van der Waals surface area contributed by atoms with Gasteiger partial charge in [-0.05, 0) is 84.2 Å². The Balaban J connectivity index is 1.19. The maximum atomic E-state index is 13.8. The first kappa shape index (κ1) is 27.3. The molecule has 4 aromatic rings. The maximum Gasteiger partial charge on any atom is 0.238 e. The van der Waals surface area contributed by atoms with Gasteiger partial charge >= 0.3 is 0 Å². The topological polar surface area (TPSA) is 79.7 Å². The van der Waals surface area contributed by atoms with Crippen molar-refractivity contribution in [1.82, 2.24) is 4.98 Å². The molecule has 2 amide bonds. The molecular weight excluding hydrogens is 536 g/mol. The summed E-state index contributed by atoms with van der Waals surface area (Å²) in [5, 5.41) is 12.2. The van der Waals surface area contributed by atoms with Gasteiger partial charge in [0.15, 0.2) is 0 Å². The molecule has 3 heterocycles. The van der Waals surface area contributed by atoms with Crippen molar-refractivity contribution in [3.05, 3.63) is 114 Å². The van der Waals surface area contributed by atoms with Gasteiger partial charge in [0.05, 0.1) is 35.9 Å². The lowest BCUT2D eigenvalue weighted by atomic mass is 9.69. The summed E-state index contributed by atoms with van der Waals surface area (Å²) >= 11 is 0. The van der Waals surface area contributed by atoms with Gasteiger partial charge in [-0.1, -0.05) is 67.1 Å². The molecule has 6 heteroatoms. The zero-order chi connectivity index (χ0) is 29.5. The average Bonchev–Trinajstić information content (AvgIpc) is 3.58. The minimum Gasteiger partial charge on any atom is -0.507 e. The van der Waals surface area contributed by atoms with Gasteiger partial charge in [0, 0.05) is 17.5 Å². The number of benzene rings is 3. The second kappa shape index (κ2) is 11.3. The van der Waals surface area contributed by atoms with E-state index in [0.717, 1.165) is 46.9 Å². The Bertz CT molecular complexity index is 1760. The lowest BCUT2D eigenvalue weighted by Crippen LogP contribution is -2.34. The Labute approximate surface area is 251 Å². The summed E-state index contributed by atoms with van der Waals surface area (Å²) in [6, 6.07) is 26.8. The molecular formula is C37H34N2O4. The van der Waals surface area contributed by atoms with E-state index in [9.17, 15) is 14.7 Å². The summed E-state index contributed by atoms with van der Waals surface area (Å²) < 4.78 is 6.47. The fourth-order valence-electron chi connectivity index (χ4n) is 7.38. The number of pyridine rings is 1. The van der Waals surface area contributed by atoms with E-state index in [1.165, 1.54) is 16.0 Å². The number of fused-ring (bicyclic) bond motifs is 4. The van der Waals surface area contributed by atoms with Crippen molar-refractivity contribution in [2.24, 2.45) is 17.8 Å². The summed E-state index contributed by atoms with van der Waals surface area (Å²) in [7, 11) is 0. The van der Waals surface area contributed by atoms with E-state index in [2.05, 4.69) is 18.0 Å². The minimum atomic E-state index is -0.378. The maximum absolute atomic E-state index is 13.8. The van der Waals surface area contributed by atoms with E-state index in [1.807, 2.05) is 78.9 Å². The number of aromatic nitrogens is 1. The number of ether oxygens (including phenoxy) is 1. The van der Waals surface area contributed by atoms with Crippen LogP contribution in [0.1, 0.15) is 43.9 Å². The minimum absolute atomic E-state index is 0.0767. The van der Waals surface area contributed by atoms with Crippen LogP contribution in [-0.4, -0.2) is 34.6 Å². The van der Waals surface area contributed by atoms with Crippen LogP contribution in [0, 0.1) is 17.8 Å². The molecule has 0 unspecified atom stereocenters. The molecule has 1 aliphatic carbocycles. The number of carbonyl (C=O) groups is 2. The quantitative estimate of drug-likeness (QED) is 0.188. The van der Waals surface area contributed by atoms with Crippen LogP contribution in [0.25, 0.3) is 22.4 Å². The Morgan fingerprint density at radius 1 is 0.930 bits per heavy atom. The SMILES string of the molecule is CCC1=C2[C@@H](CC/C(=C/c3ccc(O)c4ccccc34)c3ccccn3)OC[C@@H]2[C@@H]2C(=O)N(c3ccccc3)C(=O)[C@@H]2C1. The van der Waals surface area contributed by atoms with Crippen LogP contribution >= 0.6 is 0 Å². The van der Waals surface area contributed by atoms with Crippen LogP contribution in [0.2, 0.25) is 0 Å². The molecule has 3 aliphatic rings. The number of allylic oxidation sites excluding steroid dienone is 2. The first-order chi connectivity index (χ1) is 21.0. The predicted molar refractivity (Wildman–Crippen MR) is 168 cm³/mol. The standard InChI is InChI=1S/C37H34N2O4/c1-2-23-21-29-35(37(42)39(36(29)41)26-10-4-3-5-11-26)30-22-43-33(34(23)30)18-16-25(31-14-8-9-19-38-31)20-24-15-17-32(40)28-13-7-6-12-27(24)28/h3-15,17,19-20,29-30,33,35,40H,2,16,18,21-22H2,1H3/b25-20-/t29-,30+,33-,35-/m1/s1. The smallest absolute Gasteiger partial charge is 0.238 e. The number of hydrogen-bond donors (Lipinski definition) is 1. The number of phenolic OH excluding ortho intramolecular Hbond substituents is 1. The third-order valence-electron chi connectivity index (χ3n) is 9.38. The van der Waals surface area contributed by atoms with E-state index in [4.69, 9.17) is 4.74 Å². The van der Waals surface area contributed by atoms with E-state index in [-0.39, 0.29) is 41.4 Å². The summed E-state index contributed by atoms with van der Waals surface area (Å²) in [5.41, 5.74) is 6.14. The Morgan fingerprint density at radius 2 is 1.70 bits per heavy atom. The van der Waals surface area contributed by atoms with E-state index in [0.29, 0.717) is 18.7 Å². The Morgan fingerprint density at radius 3 is 2.47 bits per heavy atom. The lowest BCUT2D eigenvalue weighted by Gasteiger charge is -2.31. The largest absolute Gasteiger partial charge is 0.507 e. The van der Waals surface area contributed by atoms with Gasteiger partial charge in [-0.3, -0.25) is 19.5 Å². The van der Waals surface area contributed by atoms with Crippen LogP contribution in [0.5, 0.6) is 5.75 Å². The van der Waals surface area contributed by atoms with E-state index in [1.54, 1.807) is 12.3 Å². The van der Waals surface area contributed by atoms with Gasteiger partial charge in [0.1, 0.15) is 5.75 Å². The zero-order valence-electron chi connectivity index (χ0n) is 24.1. The molecule has 1 N–H and O–H groups in total. The first-order valence-corrected chi connectivity index (χ1v) is 15.1. The molecule has 0 saturated carbocycles. The summed E-state index contributed by atoms with van der Waals surface area (Å²) in [6.45, 7) is 2.60. The van der Waals surface area contributed by atoms with E-state index < -0.39 is 0 Å². The molecule has 3 aromatic carbocycles. The highest BCUT2D eigenvalue weighted by atomic mass is 16.5. The summed E-state index contributed by atoms with van der Waals surface area (Å²) in [4.78, 5) is 33.4. The number of carbonyl (C=O) groups excluding carboxylic acids is 2. The van der Waals surface area contributed by atoms with Crippen LogP contribution in [0.15, 0.2) is 102 Å². The van der Waals surface area contributed by atoms with Gasteiger partial charge < -0.3 is 9.84 Å². The highest BCUT2D eigenvalue weighted by Crippen LogP contribution is 2.51. The van der Waals surface area contributed by atoms with Crippen molar-refractivity contribution < 1.29 is 19.4 Å². The summed E-state index contributed by atoms with van der Waals surface area (Å²) in [6.07, 6.45) is 6.78. The summed E-state index contributed by atoms with van der Waals surface area (Å²) in [5.74, 6) is -0.708. The van der Waals surface area contributed by atoms with Gasteiger partial charge in [0.2, 0.25) is 11.8 Å². The second-order valence-corrected chi connectivity index (χ2v) is 11.7. The van der Waals surface area contributed by atoms with Crippen LogP contribution < -0.4 is 4.90 Å². The fraction of sp³-hybridized carbons (Fsp3) is 0.270. The number of nitrogens with zero attached hydrogens (tertiary/aromatic N) is 2. The van der Waals surface area contributed by atoms with Crippen molar-refractivity contribution in [3.8, 4) is 5.75 Å². The molecule has 2 aliphatic heterocycles. The first-order valence-electron chi connectivity index (χ1n) is 15.1. The Kier molecular flexibility index (Phi) is 7.15. The molecule has 0 spiro atoms. The molecule has 1 aromatic heterocycles. The molecule has 216 valence electrons. The number of para-hydroxylation sites is 1. The van der Waals surface area contributed by atoms with Crippen molar-refractivity contribution >= 4 is 39.9 Å². The molecule has 0 radical (unpaired) electrons. The van der Waals surface area contributed by atoms with Crippen molar-refractivity contribution in [2.45, 2.75) is 38.7 Å². The molecule has 2 fully saturated rings. The van der Waals surface area contributed by atoms with Gasteiger partial charge in [-0.2, -0.15) is 0 Å². The predicted octanol–water partition coefficient (Wildman–Crippen LogP) is 7.19. The number of imide groups is 1. The van der Waals surface area contributed by atoms with Crippen molar-refractivity contribution in [3.63, 3.8) is 0 Å². The number of hydrogen-bond acceptors (Lipinski definition) is 5. The highest BCUT2D eigenvalue weighted by molar-refractivity contribution is 6.22. The molecule has 43 heavy (non-hydrogen) atoms. The Hall–Kier alpha value is -4.55.